The maximum Gasteiger partial charge on any atom is 0.258 e. The molecule has 6 nitrogen and oxygen atoms in total. The van der Waals surface area contributed by atoms with E-state index in [0.29, 0.717) is 11.5 Å². The van der Waals surface area contributed by atoms with E-state index in [1.807, 2.05) is 61.5 Å². The van der Waals surface area contributed by atoms with Crippen LogP contribution in [0.4, 0.5) is 0 Å². The lowest BCUT2D eigenvalue weighted by Gasteiger charge is -2.14. The second-order valence-electron chi connectivity index (χ2n) is 7.77. The van der Waals surface area contributed by atoms with Crippen molar-refractivity contribution in [2.45, 2.75) is 25.6 Å². The van der Waals surface area contributed by atoms with E-state index in [0.717, 1.165) is 16.9 Å². The minimum absolute atomic E-state index is 0.0686. The minimum Gasteiger partial charge on any atom is -0.484 e. The standard InChI is InChI=1S/C27H29N3O3S/c1-20-8-6-7-11-24(20)18-34-19-27(32)30-28-16-22-12-14-25(15-13-22)33-17-26(31)29-21(2)23-9-4-3-5-10-23/h3-16,21H,17-19H2,1-2H3,(H,29,31)(H,30,32)/b28-16-/t21-/m0/s1. The highest BCUT2D eigenvalue weighted by molar-refractivity contribution is 7.99. The number of hydrogen-bond donors (Lipinski definition) is 2. The molecule has 0 fully saturated rings. The van der Waals surface area contributed by atoms with Crippen molar-refractivity contribution in [2.24, 2.45) is 5.10 Å². The molecular formula is C27H29N3O3S. The third-order valence-electron chi connectivity index (χ3n) is 5.08. The third-order valence-corrected chi connectivity index (χ3v) is 6.06. The van der Waals surface area contributed by atoms with E-state index < -0.39 is 0 Å². The first kappa shape index (κ1) is 25.1. The van der Waals surface area contributed by atoms with Crippen LogP contribution < -0.4 is 15.5 Å². The molecule has 3 rings (SSSR count). The van der Waals surface area contributed by atoms with Crippen LogP contribution in [0.3, 0.4) is 0 Å². The van der Waals surface area contributed by atoms with Gasteiger partial charge < -0.3 is 10.1 Å². The van der Waals surface area contributed by atoms with Gasteiger partial charge in [0, 0.05) is 5.75 Å². The molecule has 176 valence electrons. The molecular weight excluding hydrogens is 446 g/mol. The number of aryl methyl sites for hydroxylation is 1. The Kier molecular flexibility index (Phi) is 9.73. The zero-order chi connectivity index (χ0) is 24.2. The van der Waals surface area contributed by atoms with E-state index in [4.69, 9.17) is 4.74 Å². The fraction of sp³-hybridized carbons (Fsp3) is 0.222. The predicted molar refractivity (Wildman–Crippen MR) is 138 cm³/mol. The summed E-state index contributed by atoms with van der Waals surface area (Å²) >= 11 is 1.55. The first-order valence-corrected chi connectivity index (χ1v) is 12.2. The summed E-state index contributed by atoms with van der Waals surface area (Å²) in [5.41, 5.74) is 6.85. The normalized spacial score (nSPS) is 11.7. The van der Waals surface area contributed by atoms with Gasteiger partial charge >= 0.3 is 0 Å². The molecule has 0 unspecified atom stereocenters. The van der Waals surface area contributed by atoms with Gasteiger partial charge in [-0.15, -0.1) is 11.8 Å². The van der Waals surface area contributed by atoms with Crippen molar-refractivity contribution >= 4 is 29.8 Å². The maximum absolute atomic E-state index is 12.1. The van der Waals surface area contributed by atoms with Gasteiger partial charge in [-0.1, -0.05) is 54.6 Å². The van der Waals surface area contributed by atoms with Gasteiger partial charge in [0.1, 0.15) is 5.75 Å². The van der Waals surface area contributed by atoms with Gasteiger partial charge in [-0.05, 0) is 60.4 Å². The van der Waals surface area contributed by atoms with Crippen molar-refractivity contribution in [1.29, 1.82) is 0 Å². The lowest BCUT2D eigenvalue weighted by molar-refractivity contribution is -0.123. The van der Waals surface area contributed by atoms with Crippen molar-refractivity contribution in [3.05, 3.63) is 101 Å². The fourth-order valence-corrected chi connectivity index (χ4v) is 4.04. The summed E-state index contributed by atoms with van der Waals surface area (Å²) in [5, 5.41) is 6.92. The number of hydrogen-bond acceptors (Lipinski definition) is 5. The van der Waals surface area contributed by atoms with E-state index in [1.165, 1.54) is 11.1 Å². The highest BCUT2D eigenvalue weighted by Gasteiger charge is 2.09. The summed E-state index contributed by atoms with van der Waals surface area (Å²) in [7, 11) is 0. The largest absolute Gasteiger partial charge is 0.484 e. The van der Waals surface area contributed by atoms with Gasteiger partial charge in [0.15, 0.2) is 6.61 Å². The average molecular weight is 476 g/mol. The zero-order valence-corrected chi connectivity index (χ0v) is 20.2. The maximum atomic E-state index is 12.1. The first-order chi connectivity index (χ1) is 16.5. The molecule has 0 bridgehead atoms. The number of nitrogens with zero attached hydrogens (tertiary/aromatic N) is 1. The van der Waals surface area contributed by atoms with Crippen LogP contribution in [0.25, 0.3) is 0 Å². The molecule has 0 aliphatic rings. The molecule has 0 spiro atoms. The van der Waals surface area contributed by atoms with Crippen LogP contribution in [0.2, 0.25) is 0 Å². The topological polar surface area (TPSA) is 79.8 Å². The Labute approximate surface area is 204 Å². The first-order valence-electron chi connectivity index (χ1n) is 11.0. The molecule has 0 heterocycles. The summed E-state index contributed by atoms with van der Waals surface area (Å²) in [5.74, 6) is 1.37. The number of hydrazone groups is 1. The molecule has 0 aromatic heterocycles. The van der Waals surface area contributed by atoms with Crippen molar-refractivity contribution in [2.75, 3.05) is 12.4 Å². The van der Waals surface area contributed by atoms with Crippen LogP contribution in [0.1, 0.15) is 35.2 Å². The lowest BCUT2D eigenvalue weighted by atomic mass is 10.1. The van der Waals surface area contributed by atoms with E-state index >= 15 is 0 Å². The molecule has 7 heteroatoms. The van der Waals surface area contributed by atoms with E-state index in [2.05, 4.69) is 34.9 Å². The number of ether oxygens (including phenoxy) is 1. The second kappa shape index (κ2) is 13.2. The SMILES string of the molecule is Cc1ccccc1CSCC(=O)N/N=C\c1ccc(OCC(=O)N[C@@H](C)c2ccccc2)cc1. The van der Waals surface area contributed by atoms with Gasteiger partial charge in [-0.2, -0.15) is 5.10 Å². The van der Waals surface area contributed by atoms with Gasteiger partial charge in [0.25, 0.3) is 5.91 Å². The molecule has 0 saturated carbocycles. The van der Waals surface area contributed by atoms with Gasteiger partial charge in [-0.3, -0.25) is 9.59 Å². The number of carbonyl (C=O) groups excluding carboxylic acids is 2. The van der Waals surface area contributed by atoms with E-state index in [-0.39, 0.29) is 24.5 Å². The van der Waals surface area contributed by atoms with Crippen molar-refractivity contribution in [3.8, 4) is 5.75 Å². The number of benzene rings is 3. The Morgan fingerprint density at radius 3 is 2.41 bits per heavy atom. The van der Waals surface area contributed by atoms with Gasteiger partial charge in [0.05, 0.1) is 18.0 Å². The summed E-state index contributed by atoms with van der Waals surface area (Å²) in [6, 6.07) is 25.0. The fourth-order valence-electron chi connectivity index (χ4n) is 3.14. The molecule has 0 aliphatic heterocycles. The Balaban J connectivity index is 1.35. The van der Waals surface area contributed by atoms with Gasteiger partial charge in [0.2, 0.25) is 5.91 Å². The van der Waals surface area contributed by atoms with Crippen LogP contribution in [-0.4, -0.2) is 30.4 Å². The second-order valence-corrected chi connectivity index (χ2v) is 8.76. The molecule has 0 radical (unpaired) electrons. The number of amides is 2. The number of rotatable bonds is 11. The van der Waals surface area contributed by atoms with Crippen LogP contribution in [-0.2, 0) is 15.3 Å². The molecule has 1 atom stereocenters. The van der Waals surface area contributed by atoms with Crippen LogP contribution in [0.5, 0.6) is 5.75 Å². The Morgan fingerprint density at radius 2 is 1.68 bits per heavy atom. The van der Waals surface area contributed by atoms with Crippen LogP contribution in [0, 0.1) is 6.92 Å². The van der Waals surface area contributed by atoms with Crippen molar-refractivity contribution in [3.63, 3.8) is 0 Å². The third kappa shape index (κ3) is 8.41. The lowest BCUT2D eigenvalue weighted by Crippen LogP contribution is -2.31. The Bertz CT molecular complexity index is 1100. The Hall–Kier alpha value is -3.58. The van der Waals surface area contributed by atoms with E-state index in [9.17, 15) is 9.59 Å². The number of thioether (sulfide) groups is 1. The molecule has 0 saturated heterocycles. The molecule has 2 N–H and O–H groups in total. The quantitative estimate of drug-likeness (QED) is 0.313. The molecule has 0 aliphatic carbocycles. The van der Waals surface area contributed by atoms with Gasteiger partial charge in [-0.25, -0.2) is 5.43 Å². The Morgan fingerprint density at radius 1 is 0.971 bits per heavy atom. The highest BCUT2D eigenvalue weighted by Crippen LogP contribution is 2.16. The molecule has 3 aromatic carbocycles. The monoisotopic (exact) mass is 475 g/mol. The number of nitrogens with one attached hydrogen (secondary N) is 2. The summed E-state index contributed by atoms with van der Waals surface area (Å²) in [4.78, 5) is 24.1. The summed E-state index contributed by atoms with van der Waals surface area (Å²) in [6.07, 6.45) is 1.57. The highest BCUT2D eigenvalue weighted by atomic mass is 32.2. The summed E-state index contributed by atoms with van der Waals surface area (Å²) < 4.78 is 5.56. The van der Waals surface area contributed by atoms with Crippen LogP contribution >= 0.6 is 11.8 Å². The predicted octanol–water partition coefficient (Wildman–Crippen LogP) is 4.63. The van der Waals surface area contributed by atoms with Crippen molar-refractivity contribution < 1.29 is 14.3 Å². The zero-order valence-electron chi connectivity index (χ0n) is 19.4. The number of carbonyl (C=O) groups is 2. The van der Waals surface area contributed by atoms with Crippen LogP contribution in [0.15, 0.2) is 84.0 Å². The molecule has 3 aromatic rings. The molecule has 34 heavy (non-hydrogen) atoms. The average Bonchev–Trinajstić information content (AvgIpc) is 2.85. The van der Waals surface area contributed by atoms with E-state index in [1.54, 1.807) is 30.1 Å². The van der Waals surface area contributed by atoms with Crippen molar-refractivity contribution in [1.82, 2.24) is 10.7 Å². The smallest absolute Gasteiger partial charge is 0.258 e. The summed E-state index contributed by atoms with van der Waals surface area (Å²) in [6.45, 7) is 3.93. The molecule has 2 amide bonds. The minimum atomic E-state index is -0.190.